The predicted molar refractivity (Wildman–Crippen MR) is 97.0 cm³/mol. The number of fused-ring (bicyclic) bond motifs is 1. The highest BCUT2D eigenvalue weighted by Gasteiger charge is 2.17. The molecule has 24 heavy (non-hydrogen) atoms. The van der Waals surface area contributed by atoms with Gasteiger partial charge in [-0.25, -0.2) is 9.37 Å². The number of nitrogen functional groups attached to an aromatic ring is 1. The Bertz CT molecular complexity index is 1010. The Balaban J connectivity index is 2.17. The average molecular weight is 314 g/mol. The van der Waals surface area contributed by atoms with Crippen LogP contribution in [0, 0.1) is 5.82 Å². The van der Waals surface area contributed by atoms with Crippen LogP contribution in [0.2, 0.25) is 0 Å². The molecule has 0 amide bonds. The number of nitrogens with zero attached hydrogens (tertiary/aromatic N) is 1. The maximum absolute atomic E-state index is 13.9. The molecule has 0 unspecified atom stereocenters. The topological polar surface area (TPSA) is 38.9 Å². The standard InChI is InChI=1S/C21H15FN2/c22-16-11-12-18-17(13-16)19(14-7-3-1-4-8-14)20(21(23)24-18)15-9-5-2-6-10-15/h1-13H,(H2,23,24). The third-order valence-electron chi connectivity index (χ3n) is 4.10. The summed E-state index contributed by atoms with van der Waals surface area (Å²) in [6.45, 7) is 0. The highest BCUT2D eigenvalue weighted by atomic mass is 19.1. The molecule has 1 aromatic heterocycles. The molecule has 0 radical (unpaired) electrons. The lowest BCUT2D eigenvalue weighted by atomic mass is 9.91. The van der Waals surface area contributed by atoms with E-state index in [4.69, 9.17) is 5.73 Å². The van der Waals surface area contributed by atoms with Crippen molar-refractivity contribution in [2.24, 2.45) is 0 Å². The van der Waals surface area contributed by atoms with Gasteiger partial charge in [0, 0.05) is 16.5 Å². The Morgan fingerprint density at radius 2 is 1.29 bits per heavy atom. The molecule has 0 aliphatic rings. The van der Waals surface area contributed by atoms with Gasteiger partial charge in [-0.3, -0.25) is 0 Å². The molecule has 4 rings (SSSR count). The number of aromatic nitrogens is 1. The second-order valence-electron chi connectivity index (χ2n) is 5.64. The maximum atomic E-state index is 13.9. The molecule has 0 atom stereocenters. The predicted octanol–water partition coefficient (Wildman–Crippen LogP) is 5.29. The van der Waals surface area contributed by atoms with Gasteiger partial charge in [-0.2, -0.15) is 0 Å². The summed E-state index contributed by atoms with van der Waals surface area (Å²) in [6, 6.07) is 24.4. The number of rotatable bonds is 2. The van der Waals surface area contributed by atoms with Crippen LogP contribution >= 0.6 is 0 Å². The van der Waals surface area contributed by atoms with E-state index in [1.165, 1.54) is 12.1 Å². The lowest BCUT2D eigenvalue weighted by molar-refractivity contribution is 0.629. The van der Waals surface area contributed by atoms with Crippen LogP contribution in [0.3, 0.4) is 0 Å². The second kappa shape index (κ2) is 5.78. The molecular weight excluding hydrogens is 299 g/mol. The van der Waals surface area contributed by atoms with E-state index in [0.29, 0.717) is 11.3 Å². The summed E-state index contributed by atoms with van der Waals surface area (Å²) in [7, 11) is 0. The van der Waals surface area contributed by atoms with Gasteiger partial charge in [0.05, 0.1) is 5.52 Å². The molecule has 4 aromatic rings. The zero-order valence-corrected chi connectivity index (χ0v) is 12.9. The number of benzene rings is 3. The monoisotopic (exact) mass is 314 g/mol. The van der Waals surface area contributed by atoms with Crippen LogP contribution in [0.4, 0.5) is 10.2 Å². The van der Waals surface area contributed by atoms with Gasteiger partial charge >= 0.3 is 0 Å². The summed E-state index contributed by atoms with van der Waals surface area (Å²) >= 11 is 0. The van der Waals surface area contributed by atoms with E-state index >= 15 is 0 Å². The first-order valence-corrected chi connectivity index (χ1v) is 7.73. The minimum Gasteiger partial charge on any atom is -0.383 e. The Kier molecular flexibility index (Phi) is 3.47. The Morgan fingerprint density at radius 1 is 0.708 bits per heavy atom. The minimum atomic E-state index is -0.287. The average Bonchev–Trinajstić information content (AvgIpc) is 2.62. The summed E-state index contributed by atoms with van der Waals surface area (Å²) in [5.41, 5.74) is 10.7. The van der Waals surface area contributed by atoms with Crippen molar-refractivity contribution in [1.29, 1.82) is 0 Å². The van der Waals surface area contributed by atoms with Crippen LogP contribution in [0.15, 0.2) is 78.9 Å². The van der Waals surface area contributed by atoms with Crippen molar-refractivity contribution in [3.63, 3.8) is 0 Å². The van der Waals surface area contributed by atoms with Crippen LogP contribution in [-0.2, 0) is 0 Å². The fraction of sp³-hybridized carbons (Fsp3) is 0. The number of nitrogens with two attached hydrogens (primary N) is 1. The fourth-order valence-electron chi connectivity index (χ4n) is 3.06. The van der Waals surface area contributed by atoms with Crippen LogP contribution in [-0.4, -0.2) is 4.98 Å². The molecule has 0 bridgehead atoms. The molecule has 0 saturated heterocycles. The van der Waals surface area contributed by atoms with Gasteiger partial charge in [0.1, 0.15) is 11.6 Å². The largest absolute Gasteiger partial charge is 0.383 e. The molecule has 1 heterocycles. The zero-order chi connectivity index (χ0) is 16.5. The van der Waals surface area contributed by atoms with Crippen LogP contribution in [0.1, 0.15) is 0 Å². The van der Waals surface area contributed by atoms with Crippen molar-refractivity contribution < 1.29 is 4.39 Å². The highest BCUT2D eigenvalue weighted by molar-refractivity contribution is 6.05. The zero-order valence-electron chi connectivity index (χ0n) is 12.9. The van der Waals surface area contributed by atoms with Crippen molar-refractivity contribution in [2.75, 3.05) is 5.73 Å². The number of anilines is 1. The molecule has 3 aromatic carbocycles. The van der Waals surface area contributed by atoms with Crippen molar-refractivity contribution in [1.82, 2.24) is 4.98 Å². The van der Waals surface area contributed by atoms with E-state index in [9.17, 15) is 4.39 Å². The van der Waals surface area contributed by atoms with Crippen LogP contribution in [0.5, 0.6) is 0 Å². The first-order chi connectivity index (χ1) is 11.7. The third-order valence-corrected chi connectivity index (χ3v) is 4.10. The van der Waals surface area contributed by atoms with Gasteiger partial charge < -0.3 is 5.73 Å². The molecule has 0 saturated carbocycles. The van der Waals surface area contributed by atoms with Gasteiger partial charge in [-0.05, 0) is 29.3 Å². The van der Waals surface area contributed by atoms with E-state index in [1.54, 1.807) is 6.07 Å². The lowest BCUT2D eigenvalue weighted by Crippen LogP contribution is -1.99. The van der Waals surface area contributed by atoms with Gasteiger partial charge in [0.2, 0.25) is 0 Å². The number of halogens is 1. The summed E-state index contributed by atoms with van der Waals surface area (Å²) in [6.07, 6.45) is 0. The normalized spacial score (nSPS) is 10.9. The third kappa shape index (κ3) is 2.40. The van der Waals surface area contributed by atoms with Gasteiger partial charge in [0.15, 0.2) is 0 Å². The molecule has 0 spiro atoms. The Hall–Kier alpha value is -3.20. The number of hydrogen-bond donors (Lipinski definition) is 1. The van der Waals surface area contributed by atoms with Crippen molar-refractivity contribution >= 4 is 16.7 Å². The number of hydrogen-bond acceptors (Lipinski definition) is 2. The highest BCUT2D eigenvalue weighted by Crippen LogP contribution is 2.40. The molecule has 0 aliphatic heterocycles. The Morgan fingerprint density at radius 3 is 1.92 bits per heavy atom. The summed E-state index contributed by atoms with van der Waals surface area (Å²) < 4.78 is 13.9. The van der Waals surface area contributed by atoms with E-state index in [1.807, 2.05) is 60.7 Å². The fourth-order valence-corrected chi connectivity index (χ4v) is 3.06. The number of pyridine rings is 1. The summed E-state index contributed by atoms with van der Waals surface area (Å²) in [5.74, 6) is 0.157. The Labute approximate surface area is 139 Å². The van der Waals surface area contributed by atoms with E-state index in [-0.39, 0.29) is 5.82 Å². The van der Waals surface area contributed by atoms with Gasteiger partial charge in [0.25, 0.3) is 0 Å². The first kappa shape index (κ1) is 14.4. The van der Waals surface area contributed by atoms with Crippen molar-refractivity contribution in [2.45, 2.75) is 0 Å². The first-order valence-electron chi connectivity index (χ1n) is 7.73. The maximum Gasteiger partial charge on any atom is 0.132 e. The summed E-state index contributed by atoms with van der Waals surface area (Å²) in [5, 5.41) is 0.759. The van der Waals surface area contributed by atoms with Gasteiger partial charge in [-0.1, -0.05) is 60.7 Å². The van der Waals surface area contributed by atoms with Crippen LogP contribution < -0.4 is 5.73 Å². The molecule has 3 heteroatoms. The van der Waals surface area contributed by atoms with Gasteiger partial charge in [-0.15, -0.1) is 0 Å². The molecule has 0 fully saturated rings. The van der Waals surface area contributed by atoms with E-state index < -0.39 is 0 Å². The second-order valence-corrected chi connectivity index (χ2v) is 5.64. The molecule has 2 nitrogen and oxygen atoms in total. The molecule has 2 N–H and O–H groups in total. The van der Waals surface area contributed by atoms with E-state index in [0.717, 1.165) is 27.6 Å². The van der Waals surface area contributed by atoms with Crippen molar-refractivity contribution in [3.8, 4) is 22.3 Å². The quantitative estimate of drug-likeness (QED) is 0.546. The summed E-state index contributed by atoms with van der Waals surface area (Å²) in [4.78, 5) is 4.49. The molecular formula is C21H15FN2. The van der Waals surface area contributed by atoms with Crippen LogP contribution in [0.25, 0.3) is 33.2 Å². The molecule has 0 aliphatic carbocycles. The molecule has 116 valence electrons. The van der Waals surface area contributed by atoms with E-state index in [2.05, 4.69) is 4.98 Å². The smallest absolute Gasteiger partial charge is 0.132 e. The minimum absolute atomic E-state index is 0.287. The van der Waals surface area contributed by atoms with Crippen molar-refractivity contribution in [3.05, 3.63) is 84.7 Å². The SMILES string of the molecule is Nc1nc2ccc(F)cc2c(-c2ccccc2)c1-c1ccccc1. The lowest BCUT2D eigenvalue weighted by Gasteiger charge is -2.16.